The summed E-state index contributed by atoms with van der Waals surface area (Å²) in [6.07, 6.45) is 1.20. The maximum atomic E-state index is 10.7. The second-order valence-electron chi connectivity index (χ2n) is 4.63. The molecule has 9 heteroatoms. The predicted octanol–water partition coefficient (Wildman–Crippen LogP) is 2.96. The Labute approximate surface area is 130 Å². The first kappa shape index (κ1) is 15.9. The van der Waals surface area contributed by atoms with E-state index >= 15 is 0 Å². The summed E-state index contributed by atoms with van der Waals surface area (Å²) in [6.45, 7) is 1.74. The van der Waals surface area contributed by atoms with Crippen molar-refractivity contribution in [2.45, 2.75) is 6.92 Å². The van der Waals surface area contributed by atoms with Crippen LogP contribution in [0.1, 0.15) is 11.1 Å². The van der Waals surface area contributed by atoms with Gasteiger partial charge in [0.2, 0.25) is 0 Å². The Morgan fingerprint density at radius 2 is 1.70 bits per heavy atom. The first-order valence-corrected chi connectivity index (χ1v) is 6.40. The second-order valence-corrected chi connectivity index (χ2v) is 4.63. The summed E-state index contributed by atoms with van der Waals surface area (Å²) in [5.74, 6) is -0.170. The van der Waals surface area contributed by atoms with E-state index in [9.17, 15) is 25.3 Å². The number of phenols is 1. The lowest BCUT2D eigenvalue weighted by molar-refractivity contribution is -0.385. The third kappa shape index (κ3) is 3.79. The Morgan fingerprint density at radius 1 is 1.09 bits per heavy atom. The molecule has 2 N–H and O–H groups in total. The van der Waals surface area contributed by atoms with Crippen molar-refractivity contribution in [3.8, 4) is 5.75 Å². The van der Waals surface area contributed by atoms with E-state index in [4.69, 9.17) is 0 Å². The van der Waals surface area contributed by atoms with Gasteiger partial charge in [-0.1, -0.05) is 6.07 Å². The third-order valence-corrected chi connectivity index (χ3v) is 3.04. The molecule has 0 saturated heterocycles. The number of nitro benzene ring substituents is 2. The molecule has 2 rings (SSSR count). The maximum Gasteiger partial charge on any atom is 0.271 e. The molecule has 0 amide bonds. The minimum atomic E-state index is -0.588. The van der Waals surface area contributed by atoms with Crippen LogP contribution in [0.25, 0.3) is 0 Å². The van der Waals surface area contributed by atoms with E-state index in [2.05, 4.69) is 10.5 Å². The molecule has 118 valence electrons. The molecule has 23 heavy (non-hydrogen) atoms. The normalized spacial score (nSPS) is 10.7. The number of nitro groups is 2. The van der Waals surface area contributed by atoms with E-state index < -0.39 is 9.85 Å². The van der Waals surface area contributed by atoms with E-state index in [1.54, 1.807) is 13.0 Å². The Bertz CT molecular complexity index is 804. The number of benzene rings is 2. The number of hydrogen-bond donors (Lipinski definition) is 2. The van der Waals surface area contributed by atoms with Crippen molar-refractivity contribution >= 4 is 23.3 Å². The largest absolute Gasteiger partial charge is 0.507 e. The van der Waals surface area contributed by atoms with Crippen LogP contribution in [0.15, 0.2) is 41.5 Å². The van der Waals surface area contributed by atoms with Gasteiger partial charge in [-0.2, -0.15) is 5.10 Å². The highest BCUT2D eigenvalue weighted by Gasteiger charge is 2.10. The van der Waals surface area contributed by atoms with Crippen LogP contribution in [0.5, 0.6) is 5.75 Å². The number of hydrazone groups is 1. The number of nitrogens with zero attached hydrogens (tertiary/aromatic N) is 3. The van der Waals surface area contributed by atoms with Gasteiger partial charge in [-0.15, -0.1) is 0 Å². The second kappa shape index (κ2) is 6.52. The standard InChI is InChI=1S/C14H12N4O5/c1-9-2-3-12(18(22)23)7-13(9)16-15-8-10-6-11(17(20)21)4-5-14(10)19/h2-8,16,19H,1H3/b15-8-. The number of rotatable bonds is 5. The zero-order valence-electron chi connectivity index (χ0n) is 12.0. The SMILES string of the molecule is Cc1ccc([N+](=O)[O-])cc1N/N=C\c1cc([N+](=O)[O-])ccc1O. The highest BCUT2D eigenvalue weighted by atomic mass is 16.6. The zero-order chi connectivity index (χ0) is 17.0. The number of non-ortho nitro benzene ring substituents is 2. The van der Waals surface area contributed by atoms with Gasteiger partial charge >= 0.3 is 0 Å². The van der Waals surface area contributed by atoms with Gasteiger partial charge in [-0.25, -0.2) is 0 Å². The van der Waals surface area contributed by atoms with Gasteiger partial charge in [0.1, 0.15) is 5.75 Å². The average Bonchev–Trinajstić information content (AvgIpc) is 2.50. The minimum absolute atomic E-state index is 0.0912. The van der Waals surface area contributed by atoms with Gasteiger partial charge in [0, 0.05) is 29.8 Å². The third-order valence-electron chi connectivity index (χ3n) is 3.04. The Hall–Kier alpha value is -3.49. The zero-order valence-corrected chi connectivity index (χ0v) is 12.0. The van der Waals surface area contributed by atoms with Crippen molar-refractivity contribution < 1.29 is 15.0 Å². The summed E-state index contributed by atoms with van der Waals surface area (Å²) in [6, 6.07) is 7.79. The molecule has 0 aliphatic heterocycles. The summed E-state index contributed by atoms with van der Waals surface area (Å²) in [5, 5.41) is 35.0. The molecule has 0 aliphatic rings. The number of aryl methyl sites for hydroxylation is 1. The number of anilines is 1. The molecule has 0 heterocycles. The van der Waals surface area contributed by atoms with Crippen LogP contribution in [-0.4, -0.2) is 21.2 Å². The molecule has 0 fully saturated rings. The van der Waals surface area contributed by atoms with Gasteiger partial charge in [-0.3, -0.25) is 25.7 Å². The topological polar surface area (TPSA) is 131 Å². The number of nitrogens with one attached hydrogen (secondary N) is 1. The highest BCUT2D eigenvalue weighted by molar-refractivity contribution is 5.85. The van der Waals surface area contributed by atoms with E-state index in [1.807, 2.05) is 0 Å². The Balaban J connectivity index is 2.22. The molecule has 0 aromatic heterocycles. The van der Waals surface area contributed by atoms with E-state index in [0.29, 0.717) is 5.69 Å². The van der Waals surface area contributed by atoms with Crippen LogP contribution < -0.4 is 5.43 Å². The Morgan fingerprint density at radius 3 is 2.35 bits per heavy atom. The summed E-state index contributed by atoms with van der Waals surface area (Å²) in [4.78, 5) is 20.3. The minimum Gasteiger partial charge on any atom is -0.507 e. The number of phenolic OH excluding ortho intramolecular Hbond substituents is 1. The van der Waals surface area contributed by atoms with E-state index in [1.165, 1.54) is 36.5 Å². The van der Waals surface area contributed by atoms with Gasteiger partial charge in [0.25, 0.3) is 11.4 Å². The lowest BCUT2D eigenvalue weighted by Crippen LogP contribution is -1.96. The van der Waals surface area contributed by atoms with Crippen LogP contribution in [0.4, 0.5) is 17.1 Å². The average molecular weight is 316 g/mol. The molecule has 0 bridgehead atoms. The van der Waals surface area contributed by atoms with Crippen LogP contribution in [0.3, 0.4) is 0 Å². The predicted molar refractivity (Wildman–Crippen MR) is 83.8 cm³/mol. The Kier molecular flexibility index (Phi) is 4.50. The fraction of sp³-hybridized carbons (Fsp3) is 0.0714. The fourth-order valence-electron chi connectivity index (χ4n) is 1.77. The van der Waals surface area contributed by atoms with Gasteiger partial charge in [0.15, 0.2) is 0 Å². The molecule has 0 radical (unpaired) electrons. The van der Waals surface area contributed by atoms with E-state index in [-0.39, 0.29) is 22.7 Å². The molecule has 9 nitrogen and oxygen atoms in total. The van der Waals surface area contributed by atoms with Gasteiger partial charge in [-0.05, 0) is 18.6 Å². The lowest BCUT2D eigenvalue weighted by Gasteiger charge is -2.04. The summed E-state index contributed by atoms with van der Waals surface area (Å²) in [5.41, 5.74) is 3.64. The summed E-state index contributed by atoms with van der Waals surface area (Å²) < 4.78 is 0. The maximum absolute atomic E-state index is 10.7. The van der Waals surface area contributed by atoms with Crippen LogP contribution >= 0.6 is 0 Å². The molecule has 0 saturated carbocycles. The van der Waals surface area contributed by atoms with Crippen molar-refractivity contribution in [3.05, 3.63) is 67.8 Å². The first-order valence-electron chi connectivity index (χ1n) is 6.40. The molecule has 2 aromatic rings. The van der Waals surface area contributed by atoms with Crippen molar-refractivity contribution in [3.63, 3.8) is 0 Å². The highest BCUT2D eigenvalue weighted by Crippen LogP contribution is 2.23. The van der Waals surface area contributed by atoms with Crippen molar-refractivity contribution in [2.24, 2.45) is 5.10 Å². The molecule has 0 unspecified atom stereocenters. The monoisotopic (exact) mass is 316 g/mol. The summed E-state index contributed by atoms with van der Waals surface area (Å²) in [7, 11) is 0. The van der Waals surface area contributed by atoms with Crippen LogP contribution in [-0.2, 0) is 0 Å². The first-order chi connectivity index (χ1) is 10.9. The van der Waals surface area contributed by atoms with E-state index in [0.717, 1.165) is 5.56 Å². The smallest absolute Gasteiger partial charge is 0.271 e. The molecule has 2 aromatic carbocycles. The fourth-order valence-corrected chi connectivity index (χ4v) is 1.77. The summed E-state index contributed by atoms with van der Waals surface area (Å²) >= 11 is 0. The van der Waals surface area contributed by atoms with Crippen molar-refractivity contribution in [1.82, 2.24) is 0 Å². The van der Waals surface area contributed by atoms with Crippen LogP contribution in [0, 0.1) is 27.2 Å². The van der Waals surface area contributed by atoms with Gasteiger partial charge in [0.05, 0.1) is 21.7 Å². The number of hydrogen-bond acceptors (Lipinski definition) is 7. The van der Waals surface area contributed by atoms with Crippen molar-refractivity contribution in [1.29, 1.82) is 0 Å². The molecular weight excluding hydrogens is 304 g/mol. The van der Waals surface area contributed by atoms with Crippen LogP contribution in [0.2, 0.25) is 0 Å². The quantitative estimate of drug-likeness (QED) is 0.495. The van der Waals surface area contributed by atoms with Gasteiger partial charge < -0.3 is 5.11 Å². The molecular formula is C14H12N4O5. The molecule has 0 atom stereocenters. The lowest BCUT2D eigenvalue weighted by atomic mass is 10.2. The molecule has 0 aliphatic carbocycles. The van der Waals surface area contributed by atoms with Crippen molar-refractivity contribution in [2.75, 3.05) is 5.43 Å². The number of aromatic hydroxyl groups is 1. The molecule has 0 spiro atoms.